The van der Waals surface area contributed by atoms with Gasteiger partial charge in [-0.05, 0) is 50.1 Å². The van der Waals surface area contributed by atoms with Crippen molar-refractivity contribution in [3.8, 4) is 0 Å². The minimum absolute atomic E-state index is 0.0387. The van der Waals surface area contributed by atoms with Crippen LogP contribution in [0.3, 0.4) is 0 Å². The molecule has 0 aliphatic carbocycles. The van der Waals surface area contributed by atoms with Crippen molar-refractivity contribution < 1.29 is 18.7 Å². The van der Waals surface area contributed by atoms with E-state index in [1.165, 1.54) is 0 Å². The number of benzene rings is 2. The highest BCUT2D eigenvalue weighted by atomic mass is 16.5. The van der Waals surface area contributed by atoms with Crippen molar-refractivity contribution in [1.82, 2.24) is 25.2 Å². The Labute approximate surface area is 210 Å². The Kier molecular flexibility index (Phi) is 8.46. The first-order valence-electron chi connectivity index (χ1n) is 12.1. The molecule has 188 valence electrons. The third-order valence-electron chi connectivity index (χ3n) is 5.89. The molecule has 0 aliphatic heterocycles. The second-order valence-corrected chi connectivity index (χ2v) is 8.48. The Morgan fingerprint density at radius 2 is 1.92 bits per heavy atom. The highest BCUT2D eigenvalue weighted by Crippen LogP contribution is 2.24. The fourth-order valence-electron chi connectivity index (χ4n) is 4.04. The molecular weight excluding hydrogens is 458 g/mol. The smallest absolute Gasteiger partial charge is 0.247 e. The fourth-order valence-corrected chi connectivity index (χ4v) is 4.04. The van der Waals surface area contributed by atoms with E-state index in [9.17, 15) is 9.59 Å². The minimum Gasteiger partial charge on any atom is -0.467 e. The second kappa shape index (κ2) is 12.1. The van der Waals surface area contributed by atoms with E-state index in [1.54, 1.807) is 28.0 Å². The molecule has 1 atom stereocenters. The second-order valence-electron chi connectivity index (χ2n) is 8.48. The lowest BCUT2D eigenvalue weighted by atomic mass is 10.0. The molecule has 0 saturated heterocycles. The third kappa shape index (κ3) is 6.17. The van der Waals surface area contributed by atoms with Crippen LogP contribution in [0.2, 0.25) is 0 Å². The van der Waals surface area contributed by atoms with Crippen LogP contribution in [0, 0.1) is 6.92 Å². The van der Waals surface area contributed by atoms with Crippen molar-refractivity contribution in [2.24, 2.45) is 0 Å². The van der Waals surface area contributed by atoms with E-state index in [1.807, 2.05) is 62.4 Å². The number of furan rings is 1. The number of para-hydroxylation sites is 1. The van der Waals surface area contributed by atoms with Gasteiger partial charge in [-0.2, -0.15) is 0 Å². The van der Waals surface area contributed by atoms with Crippen LogP contribution >= 0.6 is 0 Å². The van der Waals surface area contributed by atoms with Gasteiger partial charge in [0.1, 0.15) is 23.9 Å². The topological polar surface area (TPSA) is 102 Å². The van der Waals surface area contributed by atoms with Crippen molar-refractivity contribution in [3.05, 3.63) is 83.8 Å². The lowest BCUT2D eigenvalue weighted by Gasteiger charge is -2.31. The van der Waals surface area contributed by atoms with Crippen molar-refractivity contribution in [3.63, 3.8) is 0 Å². The molecule has 9 heteroatoms. The van der Waals surface area contributed by atoms with Gasteiger partial charge >= 0.3 is 0 Å². The molecule has 2 aromatic heterocycles. The van der Waals surface area contributed by atoms with Crippen LogP contribution in [0.25, 0.3) is 11.0 Å². The largest absolute Gasteiger partial charge is 0.467 e. The van der Waals surface area contributed by atoms with Gasteiger partial charge in [0.05, 0.1) is 18.3 Å². The predicted octanol–water partition coefficient (Wildman–Crippen LogP) is 3.65. The average molecular weight is 490 g/mol. The van der Waals surface area contributed by atoms with E-state index < -0.39 is 6.04 Å². The molecule has 2 amide bonds. The summed E-state index contributed by atoms with van der Waals surface area (Å²) in [5, 5.41) is 11.3. The summed E-state index contributed by atoms with van der Waals surface area (Å²) in [5.41, 5.74) is 3.26. The molecule has 4 aromatic rings. The highest BCUT2D eigenvalue weighted by Gasteiger charge is 2.31. The van der Waals surface area contributed by atoms with Gasteiger partial charge in [-0.25, -0.2) is 4.68 Å². The fraction of sp³-hybridized carbons (Fsp3) is 0.333. The molecule has 0 fully saturated rings. The van der Waals surface area contributed by atoms with Crippen molar-refractivity contribution in [2.75, 3.05) is 19.8 Å². The number of nitrogens with one attached hydrogen (secondary N) is 1. The molecule has 0 saturated carbocycles. The molecule has 1 N–H and O–H groups in total. The standard InChI is InChI=1S/C27H31N5O4/c1-3-35-16-7-15-31(25(33)19-32-24-10-5-4-9-23(24)29-30-32)26(21-13-11-20(2)12-14-21)27(34)28-18-22-8-6-17-36-22/h4-6,8-14,17,26H,3,7,15-16,18-19H2,1-2H3,(H,28,34). The first-order valence-corrected chi connectivity index (χ1v) is 12.1. The number of hydrogen-bond acceptors (Lipinski definition) is 6. The molecule has 4 rings (SSSR count). The van der Waals surface area contributed by atoms with Crippen LogP contribution in [0.1, 0.15) is 36.3 Å². The van der Waals surface area contributed by atoms with E-state index in [2.05, 4.69) is 15.6 Å². The van der Waals surface area contributed by atoms with Gasteiger partial charge in [0, 0.05) is 19.8 Å². The number of aromatic nitrogens is 3. The number of carbonyl (C=O) groups is 2. The Bertz CT molecular complexity index is 1270. The first-order chi connectivity index (χ1) is 17.6. The average Bonchev–Trinajstić information content (AvgIpc) is 3.56. The quantitative estimate of drug-likeness (QED) is 0.305. The van der Waals surface area contributed by atoms with Crippen molar-refractivity contribution >= 4 is 22.8 Å². The summed E-state index contributed by atoms with van der Waals surface area (Å²) in [6, 6.07) is 17.9. The van der Waals surface area contributed by atoms with Gasteiger partial charge in [-0.1, -0.05) is 47.2 Å². The highest BCUT2D eigenvalue weighted by molar-refractivity contribution is 5.89. The van der Waals surface area contributed by atoms with E-state index in [0.717, 1.165) is 16.6 Å². The van der Waals surface area contributed by atoms with Gasteiger partial charge in [-0.3, -0.25) is 9.59 Å². The zero-order valence-electron chi connectivity index (χ0n) is 20.6. The summed E-state index contributed by atoms with van der Waals surface area (Å²) in [5.74, 6) is 0.110. The SMILES string of the molecule is CCOCCCN(C(=O)Cn1nnc2ccccc21)C(C(=O)NCc1ccco1)c1ccc(C)cc1. The number of carbonyl (C=O) groups excluding carboxylic acids is 2. The molecule has 0 spiro atoms. The van der Waals surface area contributed by atoms with Crippen LogP contribution in [0.15, 0.2) is 71.3 Å². The Hall–Kier alpha value is -3.98. The lowest BCUT2D eigenvalue weighted by Crippen LogP contribution is -2.45. The van der Waals surface area contributed by atoms with Crippen LogP contribution in [-0.4, -0.2) is 51.5 Å². The number of aryl methyl sites for hydroxylation is 1. The third-order valence-corrected chi connectivity index (χ3v) is 5.89. The molecule has 2 aromatic carbocycles. The normalized spacial score (nSPS) is 11.9. The molecule has 9 nitrogen and oxygen atoms in total. The van der Waals surface area contributed by atoms with Crippen LogP contribution in [0.5, 0.6) is 0 Å². The zero-order valence-corrected chi connectivity index (χ0v) is 20.6. The van der Waals surface area contributed by atoms with Gasteiger partial charge in [0.2, 0.25) is 11.8 Å². The van der Waals surface area contributed by atoms with E-state index in [4.69, 9.17) is 9.15 Å². The molecular formula is C27H31N5O4. The van der Waals surface area contributed by atoms with E-state index in [-0.39, 0.29) is 24.9 Å². The molecule has 0 aliphatic rings. The van der Waals surface area contributed by atoms with Gasteiger partial charge in [-0.15, -0.1) is 5.10 Å². The van der Waals surface area contributed by atoms with Crippen molar-refractivity contribution in [1.29, 1.82) is 0 Å². The van der Waals surface area contributed by atoms with Gasteiger partial charge in [0.15, 0.2) is 0 Å². The number of rotatable bonds is 12. The summed E-state index contributed by atoms with van der Waals surface area (Å²) in [4.78, 5) is 28.9. The number of hydrogen-bond donors (Lipinski definition) is 1. The molecule has 36 heavy (non-hydrogen) atoms. The number of ether oxygens (including phenoxy) is 1. The Morgan fingerprint density at radius 3 is 2.67 bits per heavy atom. The maximum absolute atomic E-state index is 13.7. The van der Waals surface area contributed by atoms with Crippen LogP contribution < -0.4 is 5.32 Å². The number of amides is 2. The first kappa shape index (κ1) is 25.1. The predicted molar refractivity (Wildman–Crippen MR) is 135 cm³/mol. The van der Waals surface area contributed by atoms with Gasteiger partial charge in [0.25, 0.3) is 0 Å². The Morgan fingerprint density at radius 1 is 1.11 bits per heavy atom. The summed E-state index contributed by atoms with van der Waals surface area (Å²) in [7, 11) is 0. The van der Waals surface area contributed by atoms with E-state index >= 15 is 0 Å². The number of nitrogens with zero attached hydrogens (tertiary/aromatic N) is 4. The molecule has 2 heterocycles. The minimum atomic E-state index is -0.829. The molecule has 0 bridgehead atoms. The zero-order chi connectivity index (χ0) is 25.3. The summed E-state index contributed by atoms with van der Waals surface area (Å²) in [6.07, 6.45) is 2.15. The molecule has 1 unspecified atom stereocenters. The van der Waals surface area contributed by atoms with Gasteiger partial charge < -0.3 is 19.4 Å². The van der Waals surface area contributed by atoms with Crippen LogP contribution in [0.4, 0.5) is 0 Å². The maximum Gasteiger partial charge on any atom is 0.247 e. The van der Waals surface area contributed by atoms with Crippen molar-refractivity contribution in [2.45, 2.75) is 39.4 Å². The maximum atomic E-state index is 13.7. The number of fused-ring (bicyclic) bond motifs is 1. The summed E-state index contributed by atoms with van der Waals surface area (Å²) >= 11 is 0. The Balaban J connectivity index is 1.63. The van der Waals surface area contributed by atoms with E-state index in [0.29, 0.717) is 37.5 Å². The summed E-state index contributed by atoms with van der Waals surface area (Å²) in [6.45, 7) is 5.52. The lowest BCUT2D eigenvalue weighted by molar-refractivity contribution is -0.141. The monoisotopic (exact) mass is 489 g/mol. The summed E-state index contributed by atoms with van der Waals surface area (Å²) < 4.78 is 12.4. The van der Waals surface area contributed by atoms with Crippen LogP contribution in [-0.2, 0) is 27.4 Å². The molecule has 0 radical (unpaired) electrons.